The Morgan fingerprint density at radius 1 is 1.24 bits per heavy atom. The highest BCUT2D eigenvalue weighted by atomic mass is 35.5. The van der Waals surface area contributed by atoms with Crippen LogP contribution in [0.5, 0.6) is 11.5 Å². The van der Waals surface area contributed by atoms with Crippen LogP contribution in [0.3, 0.4) is 0 Å². The second kappa shape index (κ2) is 6.53. The van der Waals surface area contributed by atoms with E-state index in [1.165, 1.54) is 7.11 Å². The molecule has 106 valence electrons. The SMILES string of the molecule is COc1cc(C=C(C#N)c2ccccc2Cl)cc(Cl)c1O. The number of nitrogens with zero attached hydrogens (tertiary/aromatic N) is 1. The minimum absolute atomic E-state index is 0.132. The fourth-order valence-electron chi connectivity index (χ4n) is 1.85. The Hall–Kier alpha value is -2.15. The number of nitriles is 1. The summed E-state index contributed by atoms with van der Waals surface area (Å²) in [6.45, 7) is 0. The van der Waals surface area contributed by atoms with Crippen LogP contribution in [0.4, 0.5) is 0 Å². The van der Waals surface area contributed by atoms with Crippen LogP contribution in [0.2, 0.25) is 10.0 Å². The van der Waals surface area contributed by atoms with Gasteiger partial charge >= 0.3 is 0 Å². The van der Waals surface area contributed by atoms with Crippen molar-refractivity contribution in [2.24, 2.45) is 0 Å². The maximum absolute atomic E-state index is 9.71. The van der Waals surface area contributed by atoms with E-state index in [1.54, 1.807) is 42.5 Å². The molecule has 2 aromatic rings. The molecule has 0 amide bonds. The van der Waals surface area contributed by atoms with E-state index in [4.69, 9.17) is 27.9 Å². The molecule has 3 nitrogen and oxygen atoms in total. The number of aromatic hydroxyl groups is 1. The Morgan fingerprint density at radius 2 is 1.95 bits per heavy atom. The van der Waals surface area contributed by atoms with E-state index >= 15 is 0 Å². The van der Waals surface area contributed by atoms with Gasteiger partial charge in [0.15, 0.2) is 11.5 Å². The normalized spacial score (nSPS) is 11.0. The van der Waals surface area contributed by atoms with Gasteiger partial charge in [0.1, 0.15) is 0 Å². The van der Waals surface area contributed by atoms with Gasteiger partial charge in [0, 0.05) is 10.6 Å². The molecule has 5 heteroatoms. The number of ether oxygens (including phenoxy) is 1. The van der Waals surface area contributed by atoms with Crippen molar-refractivity contribution in [1.29, 1.82) is 5.26 Å². The van der Waals surface area contributed by atoms with E-state index in [1.807, 2.05) is 0 Å². The van der Waals surface area contributed by atoms with Crippen molar-refractivity contribution in [3.05, 3.63) is 57.6 Å². The Labute approximate surface area is 132 Å². The molecule has 0 bridgehead atoms. The molecule has 2 aromatic carbocycles. The van der Waals surface area contributed by atoms with Crippen molar-refractivity contribution in [3.63, 3.8) is 0 Å². The maximum Gasteiger partial charge on any atom is 0.176 e. The summed E-state index contributed by atoms with van der Waals surface area (Å²) in [6.07, 6.45) is 1.63. The largest absolute Gasteiger partial charge is 0.503 e. The van der Waals surface area contributed by atoms with Crippen LogP contribution in [0.1, 0.15) is 11.1 Å². The van der Waals surface area contributed by atoms with Gasteiger partial charge in [-0.2, -0.15) is 5.26 Å². The molecule has 1 N–H and O–H groups in total. The Morgan fingerprint density at radius 3 is 2.57 bits per heavy atom. The molecule has 0 unspecified atom stereocenters. The zero-order valence-electron chi connectivity index (χ0n) is 11.1. The van der Waals surface area contributed by atoms with Crippen LogP contribution in [-0.2, 0) is 0 Å². The number of rotatable bonds is 3. The van der Waals surface area contributed by atoms with Crippen molar-refractivity contribution < 1.29 is 9.84 Å². The van der Waals surface area contributed by atoms with Crippen LogP contribution in [0.25, 0.3) is 11.6 Å². The van der Waals surface area contributed by atoms with Gasteiger partial charge in [0.25, 0.3) is 0 Å². The fourth-order valence-corrected chi connectivity index (χ4v) is 2.31. The predicted octanol–water partition coefficient (Wildman–Crippen LogP) is 4.77. The summed E-state index contributed by atoms with van der Waals surface area (Å²) in [6, 6.07) is 12.3. The summed E-state index contributed by atoms with van der Waals surface area (Å²) in [7, 11) is 1.43. The molecule has 0 fully saturated rings. The second-order valence-corrected chi connectivity index (χ2v) is 5.02. The summed E-state index contributed by atoms with van der Waals surface area (Å²) in [5.41, 5.74) is 1.65. The predicted molar refractivity (Wildman–Crippen MR) is 84.6 cm³/mol. The molecule has 0 aromatic heterocycles. The lowest BCUT2D eigenvalue weighted by Crippen LogP contribution is -1.87. The number of hydrogen-bond acceptors (Lipinski definition) is 3. The van der Waals surface area contributed by atoms with Crippen LogP contribution >= 0.6 is 23.2 Å². The van der Waals surface area contributed by atoms with Crippen molar-refractivity contribution in [2.45, 2.75) is 0 Å². The van der Waals surface area contributed by atoms with Gasteiger partial charge in [-0.1, -0.05) is 41.4 Å². The highest BCUT2D eigenvalue weighted by Gasteiger charge is 2.10. The average Bonchev–Trinajstić information content (AvgIpc) is 2.49. The first kappa shape index (κ1) is 15.2. The third kappa shape index (κ3) is 3.30. The first-order valence-corrected chi connectivity index (χ1v) is 6.75. The average molecular weight is 320 g/mol. The molecular weight excluding hydrogens is 309 g/mol. The summed E-state index contributed by atoms with van der Waals surface area (Å²) >= 11 is 12.0. The summed E-state index contributed by atoms with van der Waals surface area (Å²) in [4.78, 5) is 0. The molecule has 0 aliphatic rings. The quantitative estimate of drug-likeness (QED) is 0.654. The van der Waals surface area contributed by atoms with Gasteiger partial charge in [-0.25, -0.2) is 0 Å². The second-order valence-electron chi connectivity index (χ2n) is 4.20. The third-order valence-electron chi connectivity index (χ3n) is 2.87. The Balaban J connectivity index is 2.54. The molecule has 0 saturated carbocycles. The number of halogens is 2. The van der Waals surface area contributed by atoms with Gasteiger partial charge in [0.05, 0.1) is 23.8 Å². The highest BCUT2D eigenvalue weighted by Crippen LogP contribution is 2.36. The molecular formula is C16H11Cl2NO2. The number of phenols is 1. The minimum atomic E-state index is -0.132. The van der Waals surface area contributed by atoms with Crippen LogP contribution in [0, 0.1) is 11.3 Å². The number of phenolic OH excluding ortho intramolecular Hbond substituents is 1. The molecule has 21 heavy (non-hydrogen) atoms. The first-order valence-electron chi connectivity index (χ1n) is 6.00. The summed E-state index contributed by atoms with van der Waals surface area (Å²) in [5.74, 6) is 0.109. The molecule has 0 saturated heterocycles. The lowest BCUT2D eigenvalue weighted by atomic mass is 10.0. The van der Waals surface area contributed by atoms with Gasteiger partial charge in [-0.3, -0.25) is 0 Å². The fraction of sp³-hybridized carbons (Fsp3) is 0.0625. The van der Waals surface area contributed by atoms with E-state index < -0.39 is 0 Å². The molecule has 0 atom stereocenters. The van der Waals surface area contributed by atoms with Crippen molar-refractivity contribution in [3.8, 4) is 17.6 Å². The van der Waals surface area contributed by atoms with Gasteiger partial charge in [-0.15, -0.1) is 0 Å². The third-order valence-corrected chi connectivity index (χ3v) is 3.48. The summed E-state index contributed by atoms with van der Waals surface area (Å²) < 4.78 is 5.04. The smallest absolute Gasteiger partial charge is 0.176 e. The lowest BCUT2D eigenvalue weighted by Gasteiger charge is -2.07. The first-order chi connectivity index (χ1) is 10.1. The van der Waals surface area contributed by atoms with Gasteiger partial charge in [-0.05, 0) is 29.8 Å². The molecule has 0 heterocycles. The van der Waals surface area contributed by atoms with Crippen LogP contribution in [-0.4, -0.2) is 12.2 Å². The van der Waals surface area contributed by atoms with Crippen LogP contribution < -0.4 is 4.74 Å². The monoisotopic (exact) mass is 319 g/mol. The summed E-state index contributed by atoms with van der Waals surface area (Å²) in [5, 5.41) is 19.7. The lowest BCUT2D eigenvalue weighted by molar-refractivity contribution is 0.373. The number of methoxy groups -OCH3 is 1. The minimum Gasteiger partial charge on any atom is -0.503 e. The maximum atomic E-state index is 9.71. The zero-order valence-corrected chi connectivity index (χ0v) is 12.6. The van der Waals surface area contributed by atoms with E-state index in [2.05, 4.69) is 6.07 Å². The molecule has 2 rings (SSSR count). The van der Waals surface area contributed by atoms with Crippen LogP contribution in [0.15, 0.2) is 36.4 Å². The number of hydrogen-bond donors (Lipinski definition) is 1. The van der Waals surface area contributed by atoms with E-state index in [9.17, 15) is 10.4 Å². The van der Waals surface area contributed by atoms with Gasteiger partial charge in [0.2, 0.25) is 0 Å². The molecule has 0 aliphatic carbocycles. The highest BCUT2D eigenvalue weighted by molar-refractivity contribution is 6.33. The van der Waals surface area contributed by atoms with Gasteiger partial charge < -0.3 is 9.84 Å². The number of allylic oxidation sites excluding steroid dienone is 1. The standard InChI is InChI=1S/C16H11Cl2NO2/c1-21-15-8-10(7-14(18)16(15)20)6-11(9-19)12-4-2-3-5-13(12)17/h2-8,20H,1H3. The van der Waals surface area contributed by atoms with E-state index in [0.29, 0.717) is 21.7 Å². The van der Waals surface area contributed by atoms with E-state index in [-0.39, 0.29) is 16.5 Å². The topological polar surface area (TPSA) is 53.2 Å². The Kier molecular flexibility index (Phi) is 4.74. The van der Waals surface area contributed by atoms with Crippen molar-refractivity contribution in [1.82, 2.24) is 0 Å². The molecule has 0 aliphatic heterocycles. The zero-order chi connectivity index (χ0) is 15.4. The number of benzene rings is 2. The Bertz CT molecular complexity index is 748. The van der Waals surface area contributed by atoms with E-state index in [0.717, 1.165) is 0 Å². The van der Waals surface area contributed by atoms with Crippen molar-refractivity contribution >= 4 is 34.9 Å². The molecule has 0 radical (unpaired) electrons. The molecule has 0 spiro atoms. The van der Waals surface area contributed by atoms with Crippen molar-refractivity contribution in [2.75, 3.05) is 7.11 Å².